The first-order chi connectivity index (χ1) is 7.93. The van der Waals surface area contributed by atoms with Gasteiger partial charge in [-0.15, -0.1) is 0 Å². The Morgan fingerprint density at radius 2 is 2.06 bits per heavy atom. The molecule has 0 atom stereocenters. The van der Waals surface area contributed by atoms with Crippen molar-refractivity contribution < 1.29 is 9.53 Å². The van der Waals surface area contributed by atoms with E-state index in [0.717, 1.165) is 0 Å². The van der Waals surface area contributed by atoms with Crippen molar-refractivity contribution in [2.45, 2.75) is 19.9 Å². The van der Waals surface area contributed by atoms with Crippen molar-refractivity contribution in [3.05, 3.63) is 0 Å². The van der Waals surface area contributed by atoms with Crippen molar-refractivity contribution >= 4 is 17.8 Å². The molecule has 0 aliphatic carbocycles. The number of carbonyl (C=O) groups excluding carboxylic acids is 1. The summed E-state index contributed by atoms with van der Waals surface area (Å²) in [5.41, 5.74) is 10.7. The van der Waals surface area contributed by atoms with Gasteiger partial charge < -0.3 is 21.1 Å². The van der Waals surface area contributed by atoms with Crippen LogP contribution in [0, 0.1) is 0 Å². The molecule has 1 aromatic rings. The minimum Gasteiger partial charge on any atom is -0.467 e. The van der Waals surface area contributed by atoms with Crippen LogP contribution in [0.5, 0.6) is 6.01 Å². The van der Waals surface area contributed by atoms with Gasteiger partial charge in [0, 0.05) is 6.04 Å². The highest BCUT2D eigenvalue weighted by atomic mass is 16.5. The number of nitrogen functional groups attached to an aromatic ring is 1. The minimum absolute atomic E-state index is 0.00424. The van der Waals surface area contributed by atoms with Crippen molar-refractivity contribution in [2.75, 3.05) is 24.3 Å². The lowest BCUT2D eigenvalue weighted by Crippen LogP contribution is -2.39. The Morgan fingerprint density at radius 1 is 1.41 bits per heavy atom. The fraction of sp³-hybridized carbons (Fsp3) is 0.556. The molecule has 4 N–H and O–H groups in total. The van der Waals surface area contributed by atoms with Crippen LogP contribution in [0.25, 0.3) is 0 Å². The van der Waals surface area contributed by atoms with E-state index in [-0.39, 0.29) is 30.5 Å². The van der Waals surface area contributed by atoms with Crippen molar-refractivity contribution in [2.24, 2.45) is 5.73 Å². The van der Waals surface area contributed by atoms with Crippen LogP contribution in [0.3, 0.4) is 0 Å². The molecule has 0 aromatic carbocycles. The summed E-state index contributed by atoms with van der Waals surface area (Å²) < 4.78 is 4.89. The summed E-state index contributed by atoms with van der Waals surface area (Å²) >= 11 is 0. The third kappa shape index (κ3) is 3.44. The largest absolute Gasteiger partial charge is 0.467 e. The van der Waals surface area contributed by atoms with Gasteiger partial charge in [0.25, 0.3) is 0 Å². The fourth-order valence-corrected chi connectivity index (χ4v) is 1.23. The van der Waals surface area contributed by atoms with E-state index in [4.69, 9.17) is 16.2 Å². The van der Waals surface area contributed by atoms with Crippen LogP contribution < -0.4 is 21.1 Å². The van der Waals surface area contributed by atoms with E-state index in [1.165, 1.54) is 7.11 Å². The predicted octanol–water partition coefficient (Wildman–Crippen LogP) is -0.837. The highest BCUT2D eigenvalue weighted by Crippen LogP contribution is 2.15. The SMILES string of the molecule is COc1nc(N)nc(N(CC(N)=O)C(C)C)n1. The Hall–Kier alpha value is -2.12. The summed E-state index contributed by atoms with van der Waals surface area (Å²) in [6, 6.07) is 0.0941. The number of ether oxygens (including phenoxy) is 1. The Balaban J connectivity index is 3.08. The molecule has 8 nitrogen and oxygen atoms in total. The molecule has 8 heteroatoms. The van der Waals surface area contributed by atoms with Crippen molar-refractivity contribution in [3.8, 4) is 6.01 Å². The number of aromatic nitrogens is 3. The van der Waals surface area contributed by atoms with Gasteiger partial charge in [-0.05, 0) is 13.8 Å². The van der Waals surface area contributed by atoms with Gasteiger partial charge in [0.15, 0.2) is 0 Å². The van der Waals surface area contributed by atoms with Gasteiger partial charge in [0.1, 0.15) is 0 Å². The number of carbonyl (C=O) groups is 1. The molecule has 1 heterocycles. The highest BCUT2D eigenvalue weighted by molar-refractivity contribution is 5.79. The fourth-order valence-electron chi connectivity index (χ4n) is 1.23. The number of amides is 1. The number of hydrogen-bond acceptors (Lipinski definition) is 7. The molecular weight excluding hydrogens is 224 g/mol. The van der Waals surface area contributed by atoms with Crippen molar-refractivity contribution in [1.29, 1.82) is 0 Å². The van der Waals surface area contributed by atoms with E-state index in [2.05, 4.69) is 15.0 Å². The van der Waals surface area contributed by atoms with E-state index in [1.807, 2.05) is 13.8 Å². The van der Waals surface area contributed by atoms with Crippen LogP contribution in [0.1, 0.15) is 13.8 Å². The number of anilines is 2. The van der Waals surface area contributed by atoms with Gasteiger partial charge >= 0.3 is 6.01 Å². The molecule has 0 radical (unpaired) electrons. The third-order valence-corrected chi connectivity index (χ3v) is 2.01. The molecule has 0 aliphatic rings. The maximum atomic E-state index is 11.0. The zero-order chi connectivity index (χ0) is 13.0. The molecule has 17 heavy (non-hydrogen) atoms. The van der Waals surface area contributed by atoms with Crippen molar-refractivity contribution in [1.82, 2.24) is 15.0 Å². The molecule has 1 aromatic heterocycles. The molecule has 0 spiro atoms. The zero-order valence-corrected chi connectivity index (χ0v) is 10.0. The molecule has 0 bridgehead atoms. The first kappa shape index (κ1) is 12.9. The van der Waals surface area contributed by atoms with E-state index in [0.29, 0.717) is 0 Å². The van der Waals surface area contributed by atoms with E-state index < -0.39 is 5.91 Å². The summed E-state index contributed by atoms with van der Waals surface area (Å²) in [6.07, 6.45) is 0. The molecule has 0 aliphatic heterocycles. The van der Waals surface area contributed by atoms with E-state index in [1.54, 1.807) is 4.90 Å². The second-order valence-electron chi connectivity index (χ2n) is 3.67. The second-order valence-corrected chi connectivity index (χ2v) is 3.67. The summed E-state index contributed by atoms with van der Waals surface area (Å²) in [5, 5.41) is 0. The van der Waals surface area contributed by atoms with Crippen LogP contribution in [0.4, 0.5) is 11.9 Å². The molecule has 0 unspecified atom stereocenters. The monoisotopic (exact) mass is 240 g/mol. The lowest BCUT2D eigenvalue weighted by molar-refractivity contribution is -0.116. The molecule has 1 rings (SSSR count). The first-order valence-corrected chi connectivity index (χ1v) is 5.04. The minimum atomic E-state index is -0.475. The Bertz CT molecular complexity index is 408. The van der Waals surface area contributed by atoms with Crippen molar-refractivity contribution in [3.63, 3.8) is 0 Å². The quantitative estimate of drug-likeness (QED) is 0.688. The molecule has 0 saturated carbocycles. The van der Waals surface area contributed by atoms with E-state index in [9.17, 15) is 4.79 Å². The maximum Gasteiger partial charge on any atom is 0.322 e. The average Bonchev–Trinajstić information content (AvgIpc) is 2.24. The van der Waals surface area contributed by atoms with E-state index >= 15 is 0 Å². The third-order valence-electron chi connectivity index (χ3n) is 2.01. The number of primary amides is 1. The van der Waals surface area contributed by atoms with Gasteiger partial charge in [0.05, 0.1) is 13.7 Å². The summed E-state index contributed by atoms with van der Waals surface area (Å²) in [5.74, 6) is -0.179. The van der Waals surface area contributed by atoms with Crippen LogP contribution in [0.15, 0.2) is 0 Å². The van der Waals surface area contributed by atoms with Crippen LogP contribution in [-0.2, 0) is 4.79 Å². The molecular formula is C9H16N6O2. The van der Waals surface area contributed by atoms with Crippen LogP contribution >= 0.6 is 0 Å². The molecule has 1 amide bonds. The first-order valence-electron chi connectivity index (χ1n) is 5.04. The normalized spacial score (nSPS) is 10.4. The van der Waals surface area contributed by atoms with Gasteiger partial charge in [-0.25, -0.2) is 0 Å². The number of hydrogen-bond donors (Lipinski definition) is 2. The molecule has 0 saturated heterocycles. The van der Waals surface area contributed by atoms with Crippen LogP contribution in [0.2, 0.25) is 0 Å². The number of nitrogens with two attached hydrogens (primary N) is 2. The smallest absolute Gasteiger partial charge is 0.322 e. The summed E-state index contributed by atoms with van der Waals surface area (Å²) in [7, 11) is 1.42. The number of methoxy groups -OCH3 is 1. The molecule has 94 valence electrons. The topological polar surface area (TPSA) is 120 Å². The predicted molar refractivity (Wildman–Crippen MR) is 62.5 cm³/mol. The highest BCUT2D eigenvalue weighted by Gasteiger charge is 2.17. The summed E-state index contributed by atoms with van der Waals surface area (Å²) in [4.78, 5) is 24.3. The maximum absolute atomic E-state index is 11.0. The standard InChI is InChI=1S/C9H16N6O2/c1-5(2)15(4-6(10)16)8-12-7(11)13-9(14-8)17-3/h5H,4H2,1-3H3,(H2,10,16)(H2,11,12,13,14). The van der Waals surface area contributed by atoms with Gasteiger partial charge in [0.2, 0.25) is 17.8 Å². The Morgan fingerprint density at radius 3 is 2.53 bits per heavy atom. The lowest BCUT2D eigenvalue weighted by Gasteiger charge is -2.25. The zero-order valence-electron chi connectivity index (χ0n) is 10.0. The second kappa shape index (κ2) is 5.28. The molecule has 0 fully saturated rings. The van der Waals surface area contributed by atoms with Gasteiger partial charge in [-0.3, -0.25) is 4.79 Å². The summed E-state index contributed by atoms with van der Waals surface area (Å²) in [6.45, 7) is 3.77. The average molecular weight is 240 g/mol. The number of rotatable bonds is 5. The van der Waals surface area contributed by atoms with Gasteiger partial charge in [-0.1, -0.05) is 0 Å². The Labute approximate surface area is 99.0 Å². The Kier molecular flexibility index (Phi) is 4.02. The lowest BCUT2D eigenvalue weighted by atomic mass is 10.3. The van der Waals surface area contributed by atoms with Crippen LogP contribution in [-0.4, -0.2) is 40.6 Å². The van der Waals surface area contributed by atoms with Gasteiger partial charge in [-0.2, -0.15) is 15.0 Å². The number of nitrogens with zero attached hydrogens (tertiary/aromatic N) is 4.